The first-order valence-corrected chi connectivity index (χ1v) is 7.03. The molecule has 1 amide bonds. The van der Waals surface area contributed by atoms with E-state index in [1.54, 1.807) is 29.5 Å². The molecule has 0 fully saturated rings. The van der Waals surface area contributed by atoms with Crippen LogP contribution in [0.15, 0.2) is 40.7 Å². The molecule has 19 heavy (non-hydrogen) atoms. The van der Waals surface area contributed by atoms with Gasteiger partial charge in [-0.3, -0.25) is 9.79 Å². The predicted octanol–water partition coefficient (Wildman–Crippen LogP) is 3.20. The lowest BCUT2D eigenvalue weighted by Crippen LogP contribution is -2.32. The number of nitrogens with zero attached hydrogens (tertiary/aromatic N) is 2. The first kappa shape index (κ1) is 12.1. The quantitative estimate of drug-likeness (QED) is 0.783. The fourth-order valence-corrected chi connectivity index (χ4v) is 2.94. The number of fused-ring (bicyclic) bond motifs is 1. The Morgan fingerprint density at radius 1 is 1.32 bits per heavy atom. The molecule has 1 atom stereocenters. The monoisotopic (exact) mass is 270 g/mol. The Balaban J connectivity index is 2.10. The van der Waals surface area contributed by atoms with E-state index in [0.717, 1.165) is 16.8 Å². The van der Waals surface area contributed by atoms with Crippen LogP contribution in [0.2, 0.25) is 0 Å². The molecule has 96 valence electrons. The van der Waals surface area contributed by atoms with Gasteiger partial charge in [-0.15, -0.1) is 11.3 Å². The van der Waals surface area contributed by atoms with E-state index in [1.807, 2.05) is 19.1 Å². The predicted molar refractivity (Wildman–Crippen MR) is 80.2 cm³/mol. The number of amides is 1. The number of hydrogen-bond acceptors (Lipinski definition) is 3. The van der Waals surface area contributed by atoms with Gasteiger partial charge in [-0.2, -0.15) is 0 Å². The van der Waals surface area contributed by atoms with Gasteiger partial charge in [0, 0.05) is 23.7 Å². The lowest BCUT2D eigenvalue weighted by atomic mass is 10.1. The zero-order valence-corrected chi connectivity index (χ0v) is 11.6. The number of rotatable bonds is 1. The van der Waals surface area contributed by atoms with Gasteiger partial charge in [-0.1, -0.05) is 12.1 Å². The molecule has 3 rings (SSSR count). The minimum atomic E-state index is -0.317. The summed E-state index contributed by atoms with van der Waals surface area (Å²) < 4.78 is 0. The van der Waals surface area contributed by atoms with Gasteiger partial charge in [-0.05, 0) is 36.1 Å². The normalized spacial score (nSPS) is 18.3. The lowest BCUT2D eigenvalue weighted by Gasteiger charge is -2.19. The van der Waals surface area contributed by atoms with Gasteiger partial charge in [0.15, 0.2) is 0 Å². The zero-order chi connectivity index (χ0) is 13.4. The number of hydrogen-bond donors (Lipinski definition) is 0. The van der Waals surface area contributed by atoms with Crippen LogP contribution in [-0.4, -0.2) is 25.2 Å². The molecule has 1 unspecified atom stereocenters. The zero-order valence-electron chi connectivity index (χ0n) is 10.8. The van der Waals surface area contributed by atoms with Crippen molar-refractivity contribution < 1.29 is 4.79 Å². The van der Waals surface area contributed by atoms with Crippen molar-refractivity contribution in [1.82, 2.24) is 0 Å². The number of aliphatic imine (C=N–C) groups is 1. The van der Waals surface area contributed by atoms with E-state index in [-0.39, 0.29) is 11.9 Å². The Kier molecular flexibility index (Phi) is 2.95. The van der Waals surface area contributed by atoms with Gasteiger partial charge in [-0.25, -0.2) is 0 Å². The Morgan fingerprint density at radius 2 is 2.16 bits per heavy atom. The number of benzene rings is 1. The SMILES string of the molecule is CC1N=Cc2cc(-c3cccs3)ccc2N(C)C1=O. The van der Waals surface area contributed by atoms with Gasteiger partial charge >= 0.3 is 0 Å². The standard InChI is InChI=1S/C15H14N2OS/c1-10-15(18)17(2)13-6-5-11(8-12(13)9-16-10)14-4-3-7-19-14/h3-10H,1-2H3. The molecule has 0 aliphatic carbocycles. The van der Waals surface area contributed by atoms with E-state index in [1.165, 1.54) is 4.88 Å². The largest absolute Gasteiger partial charge is 0.313 e. The van der Waals surface area contributed by atoms with Crippen molar-refractivity contribution in [1.29, 1.82) is 0 Å². The highest BCUT2D eigenvalue weighted by molar-refractivity contribution is 7.13. The number of carbonyl (C=O) groups excluding carboxylic acids is 1. The summed E-state index contributed by atoms with van der Waals surface area (Å²) in [5, 5.41) is 2.06. The molecular weight excluding hydrogens is 256 g/mol. The summed E-state index contributed by atoms with van der Waals surface area (Å²) in [6.07, 6.45) is 1.80. The Hall–Kier alpha value is -1.94. The molecule has 0 radical (unpaired) electrons. The molecule has 0 bridgehead atoms. The van der Waals surface area contributed by atoms with Crippen molar-refractivity contribution in [2.24, 2.45) is 4.99 Å². The minimum absolute atomic E-state index is 0.0267. The van der Waals surface area contributed by atoms with E-state index in [2.05, 4.69) is 28.6 Å². The van der Waals surface area contributed by atoms with Crippen LogP contribution in [0.5, 0.6) is 0 Å². The van der Waals surface area contributed by atoms with Crippen LogP contribution in [0.3, 0.4) is 0 Å². The number of thiophene rings is 1. The average Bonchev–Trinajstić information content (AvgIpc) is 2.93. The molecule has 0 N–H and O–H groups in total. The summed E-state index contributed by atoms with van der Waals surface area (Å²) in [6, 6.07) is 9.95. The Morgan fingerprint density at radius 3 is 2.89 bits per heavy atom. The molecule has 2 aromatic rings. The second kappa shape index (κ2) is 4.63. The highest BCUT2D eigenvalue weighted by Crippen LogP contribution is 2.30. The van der Waals surface area contributed by atoms with Crippen LogP contribution in [0, 0.1) is 0 Å². The van der Waals surface area contributed by atoms with Crippen LogP contribution in [0.25, 0.3) is 10.4 Å². The summed E-state index contributed by atoms with van der Waals surface area (Å²) in [4.78, 5) is 19.3. The third kappa shape index (κ3) is 2.08. The fraction of sp³-hybridized carbons (Fsp3) is 0.200. The summed E-state index contributed by atoms with van der Waals surface area (Å²) >= 11 is 1.71. The molecule has 0 saturated carbocycles. The Labute approximate surface area is 116 Å². The maximum absolute atomic E-state index is 12.0. The summed E-state index contributed by atoms with van der Waals surface area (Å²) in [5.41, 5.74) is 3.07. The highest BCUT2D eigenvalue weighted by Gasteiger charge is 2.22. The average molecular weight is 270 g/mol. The second-order valence-corrected chi connectivity index (χ2v) is 5.55. The smallest absolute Gasteiger partial charge is 0.251 e. The molecule has 1 aromatic carbocycles. The summed E-state index contributed by atoms with van der Waals surface area (Å²) in [6.45, 7) is 1.82. The van der Waals surface area contributed by atoms with Crippen molar-refractivity contribution in [2.75, 3.05) is 11.9 Å². The minimum Gasteiger partial charge on any atom is -0.313 e. The van der Waals surface area contributed by atoms with E-state index in [9.17, 15) is 4.79 Å². The van der Waals surface area contributed by atoms with Gasteiger partial charge in [0.2, 0.25) is 0 Å². The first-order chi connectivity index (χ1) is 9.16. The van der Waals surface area contributed by atoms with Crippen molar-refractivity contribution in [3.05, 3.63) is 41.3 Å². The van der Waals surface area contributed by atoms with Crippen LogP contribution < -0.4 is 4.90 Å². The molecular formula is C15H14N2OS. The molecule has 0 spiro atoms. The molecule has 1 aliphatic heterocycles. The maximum Gasteiger partial charge on any atom is 0.251 e. The third-order valence-electron chi connectivity index (χ3n) is 3.32. The van der Waals surface area contributed by atoms with Gasteiger partial charge in [0.25, 0.3) is 5.91 Å². The third-order valence-corrected chi connectivity index (χ3v) is 4.24. The summed E-state index contributed by atoms with van der Waals surface area (Å²) in [7, 11) is 1.80. The van der Waals surface area contributed by atoms with Crippen LogP contribution in [-0.2, 0) is 4.79 Å². The number of benzodiazepines with no additional fused rings is 1. The molecule has 1 aromatic heterocycles. The number of carbonyl (C=O) groups is 1. The fourth-order valence-electron chi connectivity index (χ4n) is 2.21. The molecule has 1 aliphatic rings. The van der Waals surface area contributed by atoms with Crippen molar-refractivity contribution >= 4 is 29.1 Å². The van der Waals surface area contributed by atoms with Gasteiger partial charge < -0.3 is 4.90 Å². The van der Waals surface area contributed by atoms with Crippen molar-refractivity contribution in [3.8, 4) is 10.4 Å². The van der Waals surface area contributed by atoms with E-state index in [4.69, 9.17) is 0 Å². The lowest BCUT2D eigenvalue weighted by molar-refractivity contribution is -0.119. The first-order valence-electron chi connectivity index (χ1n) is 6.15. The topological polar surface area (TPSA) is 32.7 Å². The van der Waals surface area contributed by atoms with Crippen molar-refractivity contribution in [2.45, 2.75) is 13.0 Å². The van der Waals surface area contributed by atoms with Crippen LogP contribution in [0.4, 0.5) is 5.69 Å². The second-order valence-electron chi connectivity index (χ2n) is 4.60. The van der Waals surface area contributed by atoms with Crippen molar-refractivity contribution in [3.63, 3.8) is 0 Å². The van der Waals surface area contributed by atoms with Crippen LogP contribution in [0.1, 0.15) is 12.5 Å². The molecule has 0 saturated heterocycles. The molecule has 2 heterocycles. The van der Waals surface area contributed by atoms with Gasteiger partial charge in [0.1, 0.15) is 6.04 Å². The molecule has 3 nitrogen and oxygen atoms in total. The maximum atomic E-state index is 12.0. The summed E-state index contributed by atoms with van der Waals surface area (Å²) in [5.74, 6) is 0.0267. The number of anilines is 1. The highest BCUT2D eigenvalue weighted by atomic mass is 32.1. The van der Waals surface area contributed by atoms with E-state index in [0.29, 0.717) is 0 Å². The van der Waals surface area contributed by atoms with Crippen LogP contribution >= 0.6 is 11.3 Å². The van der Waals surface area contributed by atoms with E-state index < -0.39 is 0 Å². The number of likely N-dealkylation sites (N-methyl/N-ethyl adjacent to an activating group) is 1. The van der Waals surface area contributed by atoms with E-state index >= 15 is 0 Å². The molecule has 4 heteroatoms. The van der Waals surface area contributed by atoms with Gasteiger partial charge in [0.05, 0.1) is 5.69 Å². The Bertz CT molecular complexity index is 646.